The second-order valence-electron chi connectivity index (χ2n) is 5.79. The van der Waals surface area contributed by atoms with Crippen molar-refractivity contribution in [1.82, 2.24) is 5.32 Å². The molecule has 1 amide bonds. The molecule has 1 aliphatic carbocycles. The van der Waals surface area contributed by atoms with Gasteiger partial charge in [0, 0.05) is 12.6 Å². The molecule has 110 valence electrons. The van der Waals surface area contributed by atoms with Gasteiger partial charge in [0.25, 0.3) is 5.91 Å². The summed E-state index contributed by atoms with van der Waals surface area (Å²) in [5.41, 5.74) is 5.33. The Morgan fingerprint density at radius 1 is 1.50 bits per heavy atom. The van der Waals surface area contributed by atoms with E-state index in [1.54, 1.807) is 0 Å². The SMILES string of the molecule is CC1CCC(CN)(NC(=O)c2ccc(O)cc2F)CC1. The van der Waals surface area contributed by atoms with Gasteiger partial charge >= 0.3 is 0 Å². The normalized spacial score (nSPS) is 26.2. The zero-order chi connectivity index (χ0) is 14.8. The van der Waals surface area contributed by atoms with Gasteiger partial charge in [0.1, 0.15) is 11.6 Å². The minimum Gasteiger partial charge on any atom is -0.508 e. The molecule has 1 aromatic rings. The Bertz CT molecular complexity index is 497. The van der Waals surface area contributed by atoms with Crippen LogP contribution in [0.1, 0.15) is 43.0 Å². The van der Waals surface area contributed by atoms with E-state index >= 15 is 0 Å². The number of hydrogen-bond acceptors (Lipinski definition) is 3. The van der Waals surface area contributed by atoms with E-state index in [-0.39, 0.29) is 11.3 Å². The number of nitrogens with one attached hydrogen (secondary N) is 1. The van der Waals surface area contributed by atoms with E-state index in [2.05, 4.69) is 12.2 Å². The average molecular weight is 280 g/mol. The van der Waals surface area contributed by atoms with Crippen LogP contribution < -0.4 is 11.1 Å². The van der Waals surface area contributed by atoms with E-state index < -0.39 is 17.3 Å². The van der Waals surface area contributed by atoms with Crippen LogP contribution in [0.25, 0.3) is 0 Å². The van der Waals surface area contributed by atoms with Crippen LogP contribution in [0, 0.1) is 11.7 Å². The first kappa shape index (κ1) is 14.8. The summed E-state index contributed by atoms with van der Waals surface area (Å²) in [4.78, 5) is 12.2. The number of phenolic OH excluding ortho intramolecular Hbond substituents is 1. The second-order valence-corrected chi connectivity index (χ2v) is 5.79. The fraction of sp³-hybridized carbons (Fsp3) is 0.533. The van der Waals surface area contributed by atoms with Crippen LogP contribution in [0.2, 0.25) is 0 Å². The standard InChI is InChI=1S/C15H21FN2O2/c1-10-4-6-15(9-17,7-5-10)18-14(20)12-3-2-11(19)8-13(12)16/h2-3,8,10,19H,4-7,9,17H2,1H3,(H,18,20). The number of amides is 1. The van der Waals surface area contributed by atoms with E-state index in [1.165, 1.54) is 12.1 Å². The van der Waals surface area contributed by atoms with E-state index in [0.717, 1.165) is 31.7 Å². The Morgan fingerprint density at radius 2 is 2.15 bits per heavy atom. The lowest BCUT2D eigenvalue weighted by molar-refractivity contribution is 0.0856. The summed E-state index contributed by atoms with van der Waals surface area (Å²) in [6, 6.07) is 3.53. The van der Waals surface area contributed by atoms with Crippen molar-refractivity contribution >= 4 is 5.91 Å². The molecule has 0 spiro atoms. The molecule has 0 bridgehead atoms. The Morgan fingerprint density at radius 3 is 2.70 bits per heavy atom. The zero-order valence-electron chi connectivity index (χ0n) is 11.7. The van der Waals surface area contributed by atoms with Crippen molar-refractivity contribution in [3.63, 3.8) is 0 Å². The molecule has 0 radical (unpaired) electrons. The average Bonchev–Trinajstić information content (AvgIpc) is 2.41. The molecular formula is C15H21FN2O2. The van der Waals surface area contributed by atoms with Crippen LogP contribution in [0.4, 0.5) is 4.39 Å². The van der Waals surface area contributed by atoms with E-state index in [9.17, 15) is 14.3 Å². The molecular weight excluding hydrogens is 259 g/mol. The first-order valence-electron chi connectivity index (χ1n) is 6.97. The number of halogens is 1. The Hall–Kier alpha value is -1.62. The Balaban J connectivity index is 2.13. The van der Waals surface area contributed by atoms with Gasteiger partial charge in [0.05, 0.1) is 11.1 Å². The molecule has 1 aromatic carbocycles. The maximum atomic E-state index is 13.7. The van der Waals surface area contributed by atoms with Crippen LogP contribution in [-0.2, 0) is 0 Å². The highest BCUT2D eigenvalue weighted by atomic mass is 19.1. The quantitative estimate of drug-likeness (QED) is 0.794. The topological polar surface area (TPSA) is 75.3 Å². The molecule has 20 heavy (non-hydrogen) atoms. The lowest BCUT2D eigenvalue weighted by Gasteiger charge is -2.39. The van der Waals surface area contributed by atoms with Crippen LogP contribution in [0.5, 0.6) is 5.75 Å². The molecule has 1 saturated carbocycles. The number of phenols is 1. The third-order valence-electron chi connectivity index (χ3n) is 4.20. The molecule has 0 saturated heterocycles. The van der Waals surface area contributed by atoms with Gasteiger partial charge in [-0.1, -0.05) is 6.92 Å². The molecule has 4 nitrogen and oxygen atoms in total. The van der Waals surface area contributed by atoms with Gasteiger partial charge in [0.15, 0.2) is 0 Å². The summed E-state index contributed by atoms with van der Waals surface area (Å²) in [5.74, 6) is -0.752. The minimum atomic E-state index is -0.723. The number of hydrogen-bond donors (Lipinski definition) is 3. The molecule has 0 unspecified atom stereocenters. The van der Waals surface area contributed by atoms with Gasteiger partial charge in [-0.05, 0) is 43.7 Å². The third-order valence-corrected chi connectivity index (χ3v) is 4.20. The molecule has 0 heterocycles. The maximum absolute atomic E-state index is 13.7. The van der Waals surface area contributed by atoms with Crippen molar-refractivity contribution < 1.29 is 14.3 Å². The highest BCUT2D eigenvalue weighted by Gasteiger charge is 2.34. The van der Waals surface area contributed by atoms with Crippen molar-refractivity contribution in [2.24, 2.45) is 11.7 Å². The summed E-state index contributed by atoms with van der Waals surface area (Å²) in [7, 11) is 0. The number of aromatic hydroxyl groups is 1. The minimum absolute atomic E-state index is 0.0609. The summed E-state index contributed by atoms with van der Waals surface area (Å²) in [5, 5.41) is 12.1. The maximum Gasteiger partial charge on any atom is 0.254 e. The molecule has 1 aliphatic rings. The lowest BCUT2D eigenvalue weighted by atomic mass is 9.77. The second kappa shape index (κ2) is 5.79. The van der Waals surface area contributed by atoms with Crippen LogP contribution in [0.15, 0.2) is 18.2 Å². The summed E-state index contributed by atoms with van der Waals surface area (Å²) in [6.07, 6.45) is 3.65. The number of carbonyl (C=O) groups excluding carboxylic acids is 1. The molecule has 0 aromatic heterocycles. The van der Waals surface area contributed by atoms with E-state index in [1.807, 2.05) is 0 Å². The third kappa shape index (κ3) is 3.10. The number of carbonyl (C=O) groups is 1. The van der Waals surface area contributed by atoms with Gasteiger partial charge < -0.3 is 16.2 Å². The first-order chi connectivity index (χ1) is 9.46. The molecule has 0 atom stereocenters. The van der Waals surface area contributed by atoms with E-state index in [4.69, 9.17) is 5.73 Å². The van der Waals surface area contributed by atoms with Gasteiger partial charge in [-0.15, -0.1) is 0 Å². The molecule has 4 N–H and O–H groups in total. The number of nitrogens with two attached hydrogens (primary N) is 1. The van der Waals surface area contributed by atoms with Crippen molar-refractivity contribution in [3.05, 3.63) is 29.6 Å². The zero-order valence-corrected chi connectivity index (χ0v) is 11.7. The van der Waals surface area contributed by atoms with Gasteiger partial charge in [-0.2, -0.15) is 0 Å². The van der Waals surface area contributed by atoms with Crippen LogP contribution >= 0.6 is 0 Å². The van der Waals surface area contributed by atoms with Gasteiger partial charge in [-0.3, -0.25) is 4.79 Å². The number of rotatable bonds is 3. The lowest BCUT2D eigenvalue weighted by Crippen LogP contribution is -2.55. The van der Waals surface area contributed by atoms with Crippen molar-refractivity contribution in [2.75, 3.05) is 6.54 Å². The predicted octanol–water partition coefficient (Wildman–Crippen LogP) is 2.17. The largest absolute Gasteiger partial charge is 0.508 e. The predicted molar refractivity (Wildman–Crippen MR) is 74.9 cm³/mol. The van der Waals surface area contributed by atoms with E-state index in [0.29, 0.717) is 12.5 Å². The Labute approximate surface area is 118 Å². The molecule has 0 aliphatic heterocycles. The highest BCUT2D eigenvalue weighted by Crippen LogP contribution is 2.31. The van der Waals surface area contributed by atoms with Gasteiger partial charge in [-0.25, -0.2) is 4.39 Å². The highest BCUT2D eigenvalue weighted by molar-refractivity contribution is 5.95. The number of benzene rings is 1. The summed E-state index contributed by atoms with van der Waals surface area (Å²) >= 11 is 0. The fourth-order valence-electron chi connectivity index (χ4n) is 2.69. The summed E-state index contributed by atoms with van der Waals surface area (Å²) in [6.45, 7) is 2.53. The fourth-order valence-corrected chi connectivity index (χ4v) is 2.69. The smallest absolute Gasteiger partial charge is 0.254 e. The van der Waals surface area contributed by atoms with Gasteiger partial charge in [0.2, 0.25) is 0 Å². The van der Waals surface area contributed by atoms with Crippen LogP contribution in [-0.4, -0.2) is 23.1 Å². The van der Waals surface area contributed by atoms with Crippen molar-refractivity contribution in [2.45, 2.75) is 38.1 Å². The van der Waals surface area contributed by atoms with Crippen molar-refractivity contribution in [1.29, 1.82) is 0 Å². The monoisotopic (exact) mass is 280 g/mol. The van der Waals surface area contributed by atoms with Crippen molar-refractivity contribution in [3.8, 4) is 5.75 Å². The molecule has 5 heteroatoms. The molecule has 2 rings (SSSR count). The Kier molecular flexibility index (Phi) is 4.28. The first-order valence-corrected chi connectivity index (χ1v) is 6.97. The van der Waals surface area contributed by atoms with Crippen LogP contribution in [0.3, 0.4) is 0 Å². The summed E-state index contributed by atoms with van der Waals surface area (Å²) < 4.78 is 13.7. The molecule has 1 fully saturated rings.